The van der Waals surface area contributed by atoms with Gasteiger partial charge in [0.15, 0.2) is 17.3 Å². The number of aromatic nitrogens is 4. The number of hydrogen-bond acceptors (Lipinski definition) is 9. The van der Waals surface area contributed by atoms with Crippen LogP contribution in [0.1, 0.15) is 27.8 Å². The number of carbonyl (C=O) groups is 2. The summed E-state index contributed by atoms with van der Waals surface area (Å²) in [5, 5.41) is 17.3. The fourth-order valence-electron chi connectivity index (χ4n) is 4.49. The molecule has 3 aromatic heterocycles. The van der Waals surface area contributed by atoms with E-state index in [1.54, 1.807) is 18.2 Å². The number of amides is 2. The molecule has 5 aromatic rings. The maximum Gasteiger partial charge on any atom is 0.248 e. The molecule has 4 heterocycles. The molecule has 41 heavy (non-hydrogen) atoms. The largest absolute Gasteiger partial charge is 0.458 e. The van der Waals surface area contributed by atoms with E-state index in [0.29, 0.717) is 29.6 Å². The zero-order valence-corrected chi connectivity index (χ0v) is 22.9. The van der Waals surface area contributed by atoms with E-state index in [1.165, 1.54) is 21.0 Å². The molecule has 0 fully saturated rings. The van der Waals surface area contributed by atoms with Gasteiger partial charge in [0.2, 0.25) is 24.4 Å². The SMILES string of the molecule is Cc1ccc(-c2nnn(CC(=O)N(Cc3ccc4c(c3)OCO4)[C@@H](C(=O)NCc3ccccc3)c3cccs3)n2)o1. The van der Waals surface area contributed by atoms with Crippen molar-refractivity contribution < 1.29 is 23.5 Å². The average molecular weight is 571 g/mol. The second-order valence-electron chi connectivity index (χ2n) is 9.38. The zero-order chi connectivity index (χ0) is 28.2. The van der Waals surface area contributed by atoms with Gasteiger partial charge in [0.25, 0.3) is 0 Å². The Morgan fingerprint density at radius 1 is 1.02 bits per heavy atom. The molecule has 0 radical (unpaired) electrons. The molecule has 0 unspecified atom stereocenters. The third-order valence-electron chi connectivity index (χ3n) is 6.48. The summed E-state index contributed by atoms with van der Waals surface area (Å²) in [4.78, 5) is 31.2. The highest BCUT2D eigenvalue weighted by atomic mass is 32.1. The highest BCUT2D eigenvalue weighted by Gasteiger charge is 2.33. The molecule has 1 atom stereocenters. The normalized spacial score (nSPS) is 12.7. The van der Waals surface area contributed by atoms with E-state index in [2.05, 4.69) is 20.7 Å². The van der Waals surface area contributed by atoms with E-state index in [0.717, 1.165) is 16.0 Å². The Morgan fingerprint density at radius 3 is 2.66 bits per heavy atom. The number of hydrogen-bond donors (Lipinski definition) is 1. The van der Waals surface area contributed by atoms with Gasteiger partial charge in [-0.25, -0.2) is 0 Å². The van der Waals surface area contributed by atoms with Crippen molar-refractivity contribution in [2.45, 2.75) is 32.6 Å². The first-order valence-corrected chi connectivity index (χ1v) is 13.8. The minimum absolute atomic E-state index is 0.135. The van der Waals surface area contributed by atoms with Crippen molar-refractivity contribution in [3.8, 4) is 23.1 Å². The Labute approximate surface area is 239 Å². The average Bonchev–Trinajstić information content (AvgIpc) is 3.80. The van der Waals surface area contributed by atoms with Crippen molar-refractivity contribution in [3.05, 3.63) is 99.9 Å². The van der Waals surface area contributed by atoms with Crippen molar-refractivity contribution >= 4 is 23.2 Å². The fourth-order valence-corrected chi connectivity index (χ4v) is 5.32. The van der Waals surface area contributed by atoms with Crippen LogP contribution in [-0.2, 0) is 29.2 Å². The molecule has 0 saturated heterocycles. The molecule has 1 aliphatic heterocycles. The van der Waals surface area contributed by atoms with Crippen LogP contribution in [0.4, 0.5) is 0 Å². The molecule has 1 aliphatic rings. The third kappa shape index (κ3) is 5.97. The first kappa shape index (κ1) is 26.3. The summed E-state index contributed by atoms with van der Waals surface area (Å²) in [6.07, 6.45) is 0. The van der Waals surface area contributed by atoms with Gasteiger partial charge in [-0.1, -0.05) is 42.5 Å². The first-order chi connectivity index (χ1) is 20.0. The fraction of sp³-hybridized carbons (Fsp3) is 0.207. The Kier molecular flexibility index (Phi) is 7.46. The molecular weight excluding hydrogens is 544 g/mol. The Hall–Kier alpha value is -4.97. The summed E-state index contributed by atoms with van der Waals surface area (Å²) in [6, 6.07) is 21.4. The molecule has 0 saturated carbocycles. The van der Waals surface area contributed by atoms with Crippen LogP contribution in [0, 0.1) is 6.92 Å². The summed E-state index contributed by atoms with van der Waals surface area (Å²) >= 11 is 1.41. The van der Waals surface area contributed by atoms with Crippen molar-refractivity contribution in [3.63, 3.8) is 0 Å². The Balaban J connectivity index is 1.30. The van der Waals surface area contributed by atoms with Gasteiger partial charge in [-0.15, -0.1) is 21.5 Å². The van der Waals surface area contributed by atoms with E-state index < -0.39 is 6.04 Å². The molecule has 1 N–H and O–H groups in total. The maximum atomic E-state index is 14.0. The molecular formula is C29H26N6O5S. The van der Waals surface area contributed by atoms with Crippen LogP contribution >= 0.6 is 11.3 Å². The third-order valence-corrected chi connectivity index (χ3v) is 7.41. The van der Waals surface area contributed by atoms with Crippen molar-refractivity contribution in [1.29, 1.82) is 0 Å². The lowest BCUT2D eigenvalue weighted by atomic mass is 10.1. The predicted molar refractivity (Wildman–Crippen MR) is 149 cm³/mol. The van der Waals surface area contributed by atoms with Crippen LogP contribution in [0.25, 0.3) is 11.6 Å². The summed E-state index contributed by atoms with van der Waals surface area (Å²) in [7, 11) is 0. The van der Waals surface area contributed by atoms with Gasteiger partial charge in [-0.2, -0.15) is 4.80 Å². The monoisotopic (exact) mass is 570 g/mol. The number of furan rings is 1. The van der Waals surface area contributed by atoms with E-state index >= 15 is 0 Å². The molecule has 2 amide bonds. The van der Waals surface area contributed by atoms with Gasteiger partial charge in [0.1, 0.15) is 18.3 Å². The van der Waals surface area contributed by atoms with Crippen LogP contribution in [-0.4, -0.2) is 43.7 Å². The van der Waals surface area contributed by atoms with Gasteiger partial charge in [-0.3, -0.25) is 9.59 Å². The van der Waals surface area contributed by atoms with E-state index in [-0.39, 0.29) is 37.5 Å². The van der Waals surface area contributed by atoms with E-state index in [9.17, 15) is 9.59 Å². The second-order valence-corrected chi connectivity index (χ2v) is 10.4. The molecule has 0 spiro atoms. The summed E-state index contributed by atoms with van der Waals surface area (Å²) in [5.74, 6) is 1.99. The lowest BCUT2D eigenvalue weighted by Gasteiger charge is -2.30. The predicted octanol–water partition coefficient (Wildman–Crippen LogP) is 4.12. The van der Waals surface area contributed by atoms with Gasteiger partial charge < -0.3 is 24.1 Å². The zero-order valence-electron chi connectivity index (χ0n) is 22.1. The molecule has 0 bridgehead atoms. The molecule has 6 rings (SSSR count). The minimum Gasteiger partial charge on any atom is -0.458 e. The number of benzene rings is 2. The standard InChI is InChI=1S/C29H26N6O5S/c1-19-9-11-23(40-19)28-31-33-35(32-28)17-26(36)34(16-21-10-12-22-24(14-21)39-18-38-22)27(25-8-5-13-41-25)29(37)30-15-20-6-3-2-4-7-20/h2-14,27H,15-18H2,1H3,(H,30,37)/t27-/m1/s1. The topological polar surface area (TPSA) is 125 Å². The minimum atomic E-state index is -0.896. The summed E-state index contributed by atoms with van der Waals surface area (Å²) < 4.78 is 16.6. The highest BCUT2D eigenvalue weighted by Crippen LogP contribution is 2.34. The number of rotatable bonds is 10. The summed E-state index contributed by atoms with van der Waals surface area (Å²) in [6.45, 7) is 2.18. The smallest absolute Gasteiger partial charge is 0.248 e. The van der Waals surface area contributed by atoms with Crippen LogP contribution in [0.3, 0.4) is 0 Å². The van der Waals surface area contributed by atoms with Crippen LogP contribution in [0.2, 0.25) is 0 Å². The van der Waals surface area contributed by atoms with Gasteiger partial charge in [-0.05, 0) is 59.0 Å². The number of thiophene rings is 1. The van der Waals surface area contributed by atoms with Crippen molar-refractivity contribution in [2.75, 3.05) is 6.79 Å². The Morgan fingerprint density at radius 2 is 1.88 bits per heavy atom. The van der Waals surface area contributed by atoms with Gasteiger partial charge in [0, 0.05) is 18.0 Å². The van der Waals surface area contributed by atoms with E-state index in [1.807, 2.05) is 66.9 Å². The molecule has 12 heteroatoms. The number of tetrazole rings is 1. The van der Waals surface area contributed by atoms with Crippen molar-refractivity contribution in [1.82, 2.24) is 30.4 Å². The van der Waals surface area contributed by atoms with Crippen LogP contribution < -0.4 is 14.8 Å². The number of carbonyl (C=O) groups excluding carboxylic acids is 2. The number of nitrogens with zero attached hydrogens (tertiary/aromatic N) is 5. The summed E-state index contributed by atoms with van der Waals surface area (Å²) in [5.41, 5.74) is 1.73. The number of aryl methyl sites for hydroxylation is 1. The maximum absolute atomic E-state index is 14.0. The Bertz CT molecular complexity index is 1650. The van der Waals surface area contributed by atoms with Gasteiger partial charge in [0.05, 0.1) is 0 Å². The van der Waals surface area contributed by atoms with Crippen LogP contribution in [0.15, 0.2) is 82.6 Å². The highest BCUT2D eigenvalue weighted by molar-refractivity contribution is 7.10. The second kappa shape index (κ2) is 11.6. The molecule has 2 aromatic carbocycles. The first-order valence-electron chi connectivity index (χ1n) is 12.9. The van der Waals surface area contributed by atoms with Crippen molar-refractivity contribution in [2.24, 2.45) is 0 Å². The quantitative estimate of drug-likeness (QED) is 0.266. The molecule has 11 nitrogen and oxygen atoms in total. The van der Waals surface area contributed by atoms with Crippen LogP contribution in [0.5, 0.6) is 11.5 Å². The van der Waals surface area contributed by atoms with E-state index in [4.69, 9.17) is 13.9 Å². The van der Waals surface area contributed by atoms with Gasteiger partial charge >= 0.3 is 0 Å². The number of nitrogens with one attached hydrogen (secondary N) is 1. The number of ether oxygens (including phenoxy) is 2. The lowest BCUT2D eigenvalue weighted by molar-refractivity contribution is -0.142. The molecule has 208 valence electrons. The molecule has 0 aliphatic carbocycles. The lowest BCUT2D eigenvalue weighted by Crippen LogP contribution is -2.44. The number of fused-ring (bicyclic) bond motifs is 1.